The average Bonchev–Trinajstić information content (AvgIpc) is 2.09. The Bertz CT molecular complexity index is 290. The molecule has 0 N–H and O–H groups in total. The van der Waals surface area contributed by atoms with Gasteiger partial charge in [-0.25, -0.2) is 4.39 Å². The molecule has 0 saturated heterocycles. The molecule has 1 rings (SSSR count). The first kappa shape index (κ1) is 10.6. The van der Waals surface area contributed by atoms with Gasteiger partial charge < -0.3 is 0 Å². The summed E-state index contributed by atoms with van der Waals surface area (Å²) in [4.78, 5) is 0. The van der Waals surface area contributed by atoms with E-state index in [4.69, 9.17) is 23.2 Å². The van der Waals surface area contributed by atoms with Crippen molar-refractivity contribution in [2.24, 2.45) is 0 Å². The molecule has 0 nitrogen and oxygen atoms in total. The van der Waals surface area contributed by atoms with E-state index in [0.717, 1.165) is 5.56 Å². The van der Waals surface area contributed by atoms with Crippen molar-refractivity contribution in [2.75, 3.05) is 5.88 Å². The number of benzene rings is 1. The summed E-state index contributed by atoms with van der Waals surface area (Å²) in [5.74, 6) is 0.168. The van der Waals surface area contributed by atoms with Crippen molar-refractivity contribution in [3.05, 3.63) is 46.8 Å². The average molecular weight is 219 g/mol. The van der Waals surface area contributed by atoms with Crippen LogP contribution in [0.25, 0.3) is 0 Å². The van der Waals surface area contributed by atoms with Crippen LogP contribution >= 0.6 is 23.2 Å². The van der Waals surface area contributed by atoms with Crippen molar-refractivity contribution in [3.63, 3.8) is 0 Å². The van der Waals surface area contributed by atoms with Crippen LogP contribution in [0.3, 0.4) is 0 Å². The number of hydrogen-bond acceptors (Lipinski definition) is 0. The predicted molar refractivity (Wildman–Crippen MR) is 54.8 cm³/mol. The summed E-state index contributed by atoms with van der Waals surface area (Å²) < 4.78 is 12.5. The van der Waals surface area contributed by atoms with Gasteiger partial charge in [0.25, 0.3) is 0 Å². The Hall–Kier alpha value is -0.530. The van der Waals surface area contributed by atoms with E-state index in [1.54, 1.807) is 18.2 Å². The fourth-order valence-corrected chi connectivity index (χ4v) is 1.45. The minimum Gasteiger partial charge on any atom is -0.207 e. The fourth-order valence-electron chi connectivity index (χ4n) is 0.953. The highest BCUT2D eigenvalue weighted by Gasteiger charge is 1.96. The third-order valence-electron chi connectivity index (χ3n) is 1.58. The SMILES string of the molecule is Fc1ccc(C/C(Cl)=C/CCl)cc1. The highest BCUT2D eigenvalue weighted by molar-refractivity contribution is 6.30. The monoisotopic (exact) mass is 218 g/mol. The summed E-state index contributed by atoms with van der Waals surface area (Å²) in [6, 6.07) is 6.25. The number of rotatable bonds is 3. The smallest absolute Gasteiger partial charge is 0.123 e. The van der Waals surface area contributed by atoms with Gasteiger partial charge in [-0.1, -0.05) is 29.8 Å². The Balaban J connectivity index is 2.64. The molecule has 0 atom stereocenters. The van der Waals surface area contributed by atoms with Crippen LogP contribution in [0.5, 0.6) is 0 Å². The zero-order chi connectivity index (χ0) is 9.68. The van der Waals surface area contributed by atoms with Crippen LogP contribution < -0.4 is 0 Å². The maximum atomic E-state index is 12.5. The van der Waals surface area contributed by atoms with E-state index in [0.29, 0.717) is 17.3 Å². The van der Waals surface area contributed by atoms with Crippen LogP contribution in [0, 0.1) is 5.82 Å². The zero-order valence-corrected chi connectivity index (χ0v) is 8.45. The van der Waals surface area contributed by atoms with E-state index in [2.05, 4.69) is 0 Å². The molecule has 0 saturated carbocycles. The standard InChI is InChI=1S/C10H9Cl2F/c11-6-5-9(12)7-8-1-3-10(13)4-2-8/h1-5H,6-7H2/b9-5-. The molecule has 0 aliphatic rings. The first-order valence-electron chi connectivity index (χ1n) is 3.87. The van der Waals surface area contributed by atoms with Crippen LogP contribution in [-0.4, -0.2) is 5.88 Å². The largest absolute Gasteiger partial charge is 0.207 e. The van der Waals surface area contributed by atoms with Crippen LogP contribution in [0.1, 0.15) is 5.56 Å². The number of allylic oxidation sites excluding steroid dienone is 2. The Labute approximate surface area is 87.0 Å². The van der Waals surface area contributed by atoms with Crippen LogP contribution in [0.4, 0.5) is 4.39 Å². The molecule has 0 unspecified atom stereocenters. The minimum absolute atomic E-state index is 0.235. The van der Waals surface area contributed by atoms with Gasteiger partial charge in [-0.3, -0.25) is 0 Å². The molecule has 0 aliphatic carbocycles. The van der Waals surface area contributed by atoms with Gasteiger partial charge in [0.05, 0.1) is 0 Å². The van der Waals surface area contributed by atoms with Gasteiger partial charge in [-0.05, 0) is 17.7 Å². The lowest BCUT2D eigenvalue weighted by atomic mass is 10.1. The fraction of sp³-hybridized carbons (Fsp3) is 0.200. The first-order valence-corrected chi connectivity index (χ1v) is 4.78. The van der Waals surface area contributed by atoms with E-state index in [1.165, 1.54) is 12.1 Å². The van der Waals surface area contributed by atoms with Crippen molar-refractivity contribution in [2.45, 2.75) is 6.42 Å². The van der Waals surface area contributed by atoms with Crippen LogP contribution in [0.2, 0.25) is 0 Å². The Morgan fingerprint density at radius 2 is 1.92 bits per heavy atom. The molecule has 1 aromatic rings. The van der Waals surface area contributed by atoms with Crippen molar-refractivity contribution >= 4 is 23.2 Å². The van der Waals surface area contributed by atoms with Crippen LogP contribution in [0.15, 0.2) is 35.4 Å². The molecule has 0 spiro atoms. The molecular formula is C10H9Cl2F. The van der Waals surface area contributed by atoms with Gasteiger partial charge in [-0.2, -0.15) is 0 Å². The molecule has 0 radical (unpaired) electrons. The van der Waals surface area contributed by atoms with E-state index >= 15 is 0 Å². The third-order valence-corrected chi connectivity index (χ3v) is 2.03. The second-order valence-electron chi connectivity index (χ2n) is 2.61. The summed E-state index contributed by atoms with van der Waals surface area (Å²) in [6.45, 7) is 0. The molecule has 1 aromatic carbocycles. The van der Waals surface area contributed by atoms with E-state index in [-0.39, 0.29) is 5.82 Å². The molecule has 0 aliphatic heterocycles. The Kier molecular flexibility index (Phi) is 4.26. The van der Waals surface area contributed by atoms with Gasteiger partial charge >= 0.3 is 0 Å². The lowest BCUT2D eigenvalue weighted by Crippen LogP contribution is -1.85. The molecule has 0 amide bonds. The summed E-state index contributed by atoms with van der Waals surface area (Å²) in [5, 5.41) is 0.682. The third kappa shape index (κ3) is 3.79. The lowest BCUT2D eigenvalue weighted by molar-refractivity contribution is 0.627. The highest BCUT2D eigenvalue weighted by Crippen LogP contribution is 2.12. The normalized spacial score (nSPS) is 11.8. The van der Waals surface area contributed by atoms with Gasteiger partial charge in [0, 0.05) is 17.3 Å². The predicted octanol–water partition coefficient (Wildman–Crippen LogP) is 3.73. The van der Waals surface area contributed by atoms with Crippen LogP contribution in [-0.2, 0) is 6.42 Å². The summed E-state index contributed by atoms with van der Waals surface area (Å²) in [6.07, 6.45) is 2.33. The van der Waals surface area contributed by atoms with E-state index in [9.17, 15) is 4.39 Å². The zero-order valence-electron chi connectivity index (χ0n) is 6.93. The molecule has 3 heteroatoms. The topological polar surface area (TPSA) is 0 Å². The maximum absolute atomic E-state index is 12.5. The molecule has 0 aromatic heterocycles. The minimum atomic E-state index is -0.235. The molecule has 70 valence electrons. The molecule has 0 fully saturated rings. The molecular weight excluding hydrogens is 210 g/mol. The Morgan fingerprint density at radius 1 is 1.31 bits per heavy atom. The van der Waals surface area contributed by atoms with E-state index in [1.807, 2.05) is 0 Å². The molecule has 0 heterocycles. The van der Waals surface area contributed by atoms with Gasteiger partial charge in [-0.15, -0.1) is 11.6 Å². The quantitative estimate of drug-likeness (QED) is 0.679. The van der Waals surface area contributed by atoms with Crippen molar-refractivity contribution in [1.82, 2.24) is 0 Å². The van der Waals surface area contributed by atoms with E-state index < -0.39 is 0 Å². The van der Waals surface area contributed by atoms with Gasteiger partial charge in [0.1, 0.15) is 5.82 Å². The lowest BCUT2D eigenvalue weighted by Gasteiger charge is -1.98. The molecule has 13 heavy (non-hydrogen) atoms. The highest BCUT2D eigenvalue weighted by atomic mass is 35.5. The van der Waals surface area contributed by atoms with Gasteiger partial charge in [0.2, 0.25) is 0 Å². The van der Waals surface area contributed by atoms with Crippen molar-refractivity contribution in [3.8, 4) is 0 Å². The summed E-state index contributed by atoms with van der Waals surface area (Å²) >= 11 is 11.3. The number of alkyl halides is 1. The van der Waals surface area contributed by atoms with Gasteiger partial charge in [0.15, 0.2) is 0 Å². The number of halogens is 3. The second-order valence-corrected chi connectivity index (χ2v) is 3.40. The van der Waals surface area contributed by atoms with Crippen molar-refractivity contribution in [1.29, 1.82) is 0 Å². The summed E-state index contributed by atoms with van der Waals surface area (Å²) in [7, 11) is 0. The van der Waals surface area contributed by atoms with Crippen molar-refractivity contribution < 1.29 is 4.39 Å². The number of hydrogen-bond donors (Lipinski definition) is 0. The maximum Gasteiger partial charge on any atom is 0.123 e. The second kappa shape index (κ2) is 5.25. The molecule has 0 bridgehead atoms. The Morgan fingerprint density at radius 3 is 2.46 bits per heavy atom. The first-order chi connectivity index (χ1) is 6.22. The summed E-state index contributed by atoms with van der Waals surface area (Å²) in [5.41, 5.74) is 0.979.